The highest BCUT2D eigenvalue weighted by molar-refractivity contribution is 6.04. The second kappa shape index (κ2) is 6.16. The summed E-state index contributed by atoms with van der Waals surface area (Å²) in [5.41, 5.74) is 5.28. The van der Waals surface area contributed by atoms with Crippen LogP contribution in [0.15, 0.2) is 54.6 Å². The van der Waals surface area contributed by atoms with E-state index in [0.29, 0.717) is 0 Å². The number of fused-ring (bicyclic) bond motifs is 1. The van der Waals surface area contributed by atoms with E-state index in [0.717, 1.165) is 28.9 Å². The molecule has 0 atom stereocenters. The number of para-hydroxylation sites is 1. The number of likely N-dealkylation sites (N-methyl/N-ethyl adjacent to an activating group) is 1. The lowest BCUT2D eigenvalue weighted by Crippen LogP contribution is -2.45. The summed E-state index contributed by atoms with van der Waals surface area (Å²) in [5, 5.41) is 2.99. The molecule has 0 radical (unpaired) electrons. The normalized spacial score (nSPS) is 17.5. The highest BCUT2D eigenvalue weighted by atomic mass is 16.1. The lowest BCUT2D eigenvalue weighted by Gasteiger charge is -2.44. The van der Waals surface area contributed by atoms with Gasteiger partial charge in [0.2, 0.25) is 5.91 Å². The maximum Gasteiger partial charge on any atom is 0.250 e. The molecule has 1 heterocycles. The number of nitrogens with zero attached hydrogens (tertiary/aromatic N) is 1. The van der Waals surface area contributed by atoms with E-state index in [-0.39, 0.29) is 11.4 Å². The Kier molecular flexibility index (Phi) is 4.18. The van der Waals surface area contributed by atoms with Crippen LogP contribution >= 0.6 is 0 Å². The third-order valence-corrected chi connectivity index (χ3v) is 4.86. The van der Waals surface area contributed by atoms with E-state index in [4.69, 9.17) is 0 Å². The number of anilines is 1. The predicted octanol–water partition coefficient (Wildman–Crippen LogP) is 4.24. The van der Waals surface area contributed by atoms with E-state index >= 15 is 0 Å². The second-order valence-electron chi connectivity index (χ2n) is 7.04. The maximum atomic E-state index is 12.6. The Morgan fingerprint density at radius 2 is 1.79 bits per heavy atom. The van der Waals surface area contributed by atoms with Crippen LogP contribution in [0.2, 0.25) is 0 Å². The number of carbonyl (C=O) groups excluding carboxylic acids is 1. The van der Waals surface area contributed by atoms with Crippen molar-refractivity contribution in [2.45, 2.75) is 32.7 Å². The van der Waals surface area contributed by atoms with Gasteiger partial charge in [0.1, 0.15) is 0 Å². The van der Waals surface area contributed by atoms with Crippen molar-refractivity contribution >= 4 is 17.3 Å². The number of benzene rings is 2. The smallest absolute Gasteiger partial charge is 0.250 e. The van der Waals surface area contributed by atoms with Crippen molar-refractivity contribution in [2.75, 3.05) is 12.4 Å². The summed E-state index contributed by atoms with van der Waals surface area (Å²) < 4.78 is 0. The van der Waals surface area contributed by atoms with E-state index in [9.17, 15) is 4.79 Å². The molecule has 0 aliphatic carbocycles. The quantitative estimate of drug-likeness (QED) is 0.839. The van der Waals surface area contributed by atoms with Gasteiger partial charge in [0.25, 0.3) is 0 Å². The van der Waals surface area contributed by atoms with Crippen LogP contribution in [0.3, 0.4) is 0 Å². The Morgan fingerprint density at radius 3 is 2.54 bits per heavy atom. The molecule has 3 nitrogen and oxygen atoms in total. The fourth-order valence-corrected chi connectivity index (χ4v) is 3.20. The first-order chi connectivity index (χ1) is 11.4. The summed E-state index contributed by atoms with van der Waals surface area (Å²) in [6.45, 7) is 6.40. The van der Waals surface area contributed by atoms with Crippen LogP contribution in [0, 0.1) is 6.92 Å². The lowest BCUT2D eigenvalue weighted by molar-refractivity contribution is -0.111. The van der Waals surface area contributed by atoms with Crippen LogP contribution in [0.5, 0.6) is 0 Å². The first kappa shape index (κ1) is 16.3. The van der Waals surface area contributed by atoms with E-state index < -0.39 is 0 Å². The van der Waals surface area contributed by atoms with E-state index in [2.05, 4.69) is 49.3 Å². The molecule has 1 aliphatic heterocycles. The molecule has 3 heteroatoms. The molecule has 3 rings (SSSR count). The molecule has 1 amide bonds. The minimum atomic E-state index is -0.0985. The molecular weight excluding hydrogens is 296 g/mol. The van der Waals surface area contributed by atoms with Crippen molar-refractivity contribution in [2.24, 2.45) is 0 Å². The molecule has 0 spiro atoms. The van der Waals surface area contributed by atoms with Crippen LogP contribution in [-0.4, -0.2) is 23.4 Å². The van der Waals surface area contributed by atoms with Gasteiger partial charge in [-0.1, -0.05) is 42.5 Å². The number of nitrogens with one attached hydrogen (secondary N) is 1. The van der Waals surface area contributed by atoms with Gasteiger partial charge in [-0.15, -0.1) is 0 Å². The van der Waals surface area contributed by atoms with Gasteiger partial charge < -0.3 is 10.2 Å². The Labute approximate surface area is 144 Å². The fourth-order valence-electron chi connectivity index (χ4n) is 3.20. The fraction of sp³-hybridized carbons (Fsp3) is 0.286. The van der Waals surface area contributed by atoms with Crippen molar-refractivity contribution in [3.63, 3.8) is 0 Å². The summed E-state index contributed by atoms with van der Waals surface area (Å²) in [5.74, 6) is -0.0985. The average molecular weight is 320 g/mol. The van der Waals surface area contributed by atoms with Crippen LogP contribution in [-0.2, 0) is 11.2 Å². The molecule has 0 saturated carbocycles. The minimum Gasteiger partial charge on any atom is -0.368 e. The SMILES string of the molecule is Cc1ccccc1NC(=O)/C=C1\c2ccccc2CC(C)(C)N1C. The molecule has 1 aliphatic rings. The van der Waals surface area contributed by atoms with E-state index in [1.54, 1.807) is 6.08 Å². The first-order valence-electron chi connectivity index (χ1n) is 8.29. The zero-order valence-electron chi connectivity index (χ0n) is 14.8. The molecule has 0 fully saturated rings. The van der Waals surface area contributed by atoms with Crippen molar-refractivity contribution < 1.29 is 4.79 Å². The molecular formula is C21H24N2O. The van der Waals surface area contributed by atoms with Gasteiger partial charge >= 0.3 is 0 Å². The minimum absolute atomic E-state index is 0.0247. The molecule has 2 aromatic carbocycles. The van der Waals surface area contributed by atoms with E-state index in [1.165, 1.54) is 5.56 Å². The molecule has 0 saturated heterocycles. The average Bonchev–Trinajstić information content (AvgIpc) is 2.54. The van der Waals surface area contributed by atoms with Gasteiger partial charge in [-0.3, -0.25) is 4.79 Å². The standard InChI is InChI=1S/C21H24N2O/c1-15-9-5-8-12-18(15)22-20(24)13-19-17-11-7-6-10-16(17)14-21(2,3)23(19)4/h5-13H,14H2,1-4H3,(H,22,24)/b19-13+. The monoisotopic (exact) mass is 320 g/mol. The highest BCUT2D eigenvalue weighted by Crippen LogP contribution is 2.36. The third-order valence-electron chi connectivity index (χ3n) is 4.86. The second-order valence-corrected chi connectivity index (χ2v) is 7.04. The number of hydrogen-bond donors (Lipinski definition) is 1. The Morgan fingerprint density at radius 1 is 1.12 bits per heavy atom. The molecule has 2 aromatic rings. The summed E-state index contributed by atoms with van der Waals surface area (Å²) in [6, 6.07) is 16.1. The first-order valence-corrected chi connectivity index (χ1v) is 8.29. The zero-order valence-corrected chi connectivity index (χ0v) is 14.8. The van der Waals surface area contributed by atoms with Crippen LogP contribution in [0.1, 0.15) is 30.5 Å². The maximum absolute atomic E-state index is 12.6. The predicted molar refractivity (Wildman–Crippen MR) is 99.8 cm³/mol. The van der Waals surface area contributed by atoms with Gasteiger partial charge in [-0.2, -0.15) is 0 Å². The van der Waals surface area contributed by atoms with E-state index in [1.807, 2.05) is 37.3 Å². The molecule has 24 heavy (non-hydrogen) atoms. The van der Waals surface area contributed by atoms with Crippen molar-refractivity contribution in [1.29, 1.82) is 0 Å². The third kappa shape index (κ3) is 3.07. The lowest BCUT2D eigenvalue weighted by atomic mass is 9.84. The summed E-state index contributed by atoms with van der Waals surface area (Å²) >= 11 is 0. The summed E-state index contributed by atoms with van der Waals surface area (Å²) in [7, 11) is 2.06. The van der Waals surface area contributed by atoms with Crippen molar-refractivity contribution in [1.82, 2.24) is 4.90 Å². The van der Waals surface area contributed by atoms with Crippen LogP contribution in [0.25, 0.3) is 5.70 Å². The molecule has 0 bridgehead atoms. The zero-order chi connectivity index (χ0) is 17.3. The molecule has 1 N–H and O–H groups in total. The van der Waals surface area contributed by atoms with Gasteiger partial charge in [0.05, 0.1) is 0 Å². The number of rotatable bonds is 2. The number of hydrogen-bond acceptors (Lipinski definition) is 2. The summed E-state index contributed by atoms with van der Waals surface area (Å²) in [6.07, 6.45) is 2.68. The largest absolute Gasteiger partial charge is 0.368 e. The van der Waals surface area contributed by atoms with Gasteiger partial charge in [-0.05, 0) is 44.4 Å². The molecule has 0 aromatic heterocycles. The Hall–Kier alpha value is -2.55. The van der Waals surface area contributed by atoms with Crippen molar-refractivity contribution in [3.8, 4) is 0 Å². The Bertz CT molecular complexity index is 805. The van der Waals surface area contributed by atoms with Crippen LogP contribution < -0.4 is 5.32 Å². The number of amides is 1. The van der Waals surface area contributed by atoms with Crippen molar-refractivity contribution in [3.05, 3.63) is 71.3 Å². The topological polar surface area (TPSA) is 32.3 Å². The molecule has 0 unspecified atom stereocenters. The number of carbonyl (C=O) groups is 1. The number of aryl methyl sites for hydroxylation is 1. The summed E-state index contributed by atoms with van der Waals surface area (Å²) in [4.78, 5) is 14.8. The molecule has 124 valence electrons. The van der Waals surface area contributed by atoms with Crippen LogP contribution in [0.4, 0.5) is 5.69 Å². The van der Waals surface area contributed by atoms with Gasteiger partial charge in [-0.25, -0.2) is 0 Å². The highest BCUT2D eigenvalue weighted by Gasteiger charge is 2.33. The Balaban J connectivity index is 1.96. The van der Waals surface area contributed by atoms with Gasteiger partial charge in [0, 0.05) is 35.6 Å². The van der Waals surface area contributed by atoms with Gasteiger partial charge in [0.15, 0.2) is 0 Å².